The molecule has 2 aromatic carbocycles. The van der Waals surface area contributed by atoms with E-state index in [4.69, 9.17) is 4.74 Å². The number of H-pyrrole nitrogens is 1. The van der Waals surface area contributed by atoms with Crippen molar-refractivity contribution in [3.05, 3.63) is 60.3 Å². The van der Waals surface area contributed by atoms with E-state index in [2.05, 4.69) is 39.6 Å². The number of morpholine rings is 1. The van der Waals surface area contributed by atoms with Crippen LogP contribution in [-0.4, -0.2) is 74.5 Å². The third-order valence-corrected chi connectivity index (χ3v) is 8.64. The van der Waals surface area contributed by atoms with Gasteiger partial charge in [-0.1, -0.05) is 24.3 Å². The first-order chi connectivity index (χ1) is 16.5. The maximum Gasteiger partial charge on any atom is 0.243 e. The van der Waals surface area contributed by atoms with Crippen molar-refractivity contribution in [3.63, 3.8) is 0 Å². The summed E-state index contributed by atoms with van der Waals surface area (Å²) in [6, 6.07) is 14.8. The zero-order valence-corrected chi connectivity index (χ0v) is 19.9. The number of amides is 1. The number of hydrogen-bond donors (Lipinski definition) is 2. The molecule has 1 amide bonds. The van der Waals surface area contributed by atoms with Crippen molar-refractivity contribution in [1.29, 1.82) is 0 Å². The van der Waals surface area contributed by atoms with E-state index >= 15 is 0 Å². The average Bonchev–Trinajstić information content (AvgIpc) is 3.29. The molecule has 0 radical (unpaired) electrons. The zero-order valence-electron chi connectivity index (χ0n) is 19.1. The second kappa shape index (κ2) is 9.87. The molecule has 2 N–H and O–H groups in total. The Morgan fingerprint density at radius 2 is 1.79 bits per heavy atom. The summed E-state index contributed by atoms with van der Waals surface area (Å²) in [7, 11) is -3.60. The van der Waals surface area contributed by atoms with Crippen LogP contribution >= 0.6 is 0 Å². The number of benzene rings is 2. The van der Waals surface area contributed by atoms with E-state index in [-0.39, 0.29) is 10.8 Å². The lowest BCUT2D eigenvalue weighted by atomic mass is 9.89. The highest BCUT2D eigenvalue weighted by Gasteiger charge is 2.27. The van der Waals surface area contributed by atoms with Gasteiger partial charge in [0.2, 0.25) is 15.9 Å². The highest BCUT2D eigenvalue weighted by molar-refractivity contribution is 7.89. The number of sulfonamides is 1. The molecule has 0 aliphatic carbocycles. The number of anilines is 1. The summed E-state index contributed by atoms with van der Waals surface area (Å²) >= 11 is 0. The average molecular weight is 483 g/mol. The second-order valence-corrected chi connectivity index (χ2v) is 10.9. The molecule has 3 heterocycles. The van der Waals surface area contributed by atoms with Crippen LogP contribution in [-0.2, 0) is 19.6 Å². The molecule has 0 saturated carbocycles. The molecule has 0 spiro atoms. The largest absolute Gasteiger partial charge is 0.379 e. The van der Waals surface area contributed by atoms with Crippen LogP contribution in [0.15, 0.2) is 59.6 Å². The van der Waals surface area contributed by atoms with E-state index in [0.29, 0.717) is 44.5 Å². The van der Waals surface area contributed by atoms with Gasteiger partial charge in [-0.15, -0.1) is 0 Å². The van der Waals surface area contributed by atoms with Gasteiger partial charge in [0.25, 0.3) is 0 Å². The van der Waals surface area contributed by atoms with Gasteiger partial charge in [0.15, 0.2) is 0 Å². The van der Waals surface area contributed by atoms with Gasteiger partial charge in [0.05, 0.1) is 24.7 Å². The van der Waals surface area contributed by atoms with E-state index in [0.717, 1.165) is 31.4 Å². The number of para-hydroxylation sites is 1. The van der Waals surface area contributed by atoms with E-state index < -0.39 is 10.0 Å². The number of ether oxygens (including phenoxy) is 1. The molecule has 1 aromatic heterocycles. The Morgan fingerprint density at radius 1 is 1.03 bits per heavy atom. The topological polar surface area (TPSA) is 94.7 Å². The standard InChI is InChI=1S/C25H30N4O4S/c30-25(27-20-4-3-5-21(16-20)34(31,32)29-12-14-33-15-13-29)18-28-10-8-19(9-11-28)23-17-26-24-7-2-1-6-22(23)24/h1-7,16-17,19,26H,8-15,18H2,(H,27,30). The van der Waals surface area contributed by atoms with Crippen molar-refractivity contribution in [2.24, 2.45) is 0 Å². The number of fused-ring (bicyclic) bond motifs is 1. The molecule has 0 atom stereocenters. The fourth-order valence-electron chi connectivity index (χ4n) is 4.91. The Morgan fingerprint density at radius 3 is 2.59 bits per heavy atom. The smallest absolute Gasteiger partial charge is 0.243 e. The fraction of sp³-hybridized carbons (Fsp3) is 0.400. The number of carbonyl (C=O) groups excluding carboxylic acids is 1. The molecule has 5 rings (SSSR count). The van der Waals surface area contributed by atoms with Gasteiger partial charge in [-0.25, -0.2) is 8.42 Å². The Kier molecular flexibility index (Phi) is 6.69. The molecule has 8 nitrogen and oxygen atoms in total. The Bertz CT molecular complexity index is 1260. The van der Waals surface area contributed by atoms with Gasteiger partial charge in [-0.05, 0) is 61.7 Å². The van der Waals surface area contributed by atoms with Crippen molar-refractivity contribution < 1.29 is 17.9 Å². The molecule has 2 fully saturated rings. The van der Waals surface area contributed by atoms with Gasteiger partial charge in [0, 0.05) is 35.9 Å². The minimum atomic E-state index is -3.60. The lowest BCUT2D eigenvalue weighted by Crippen LogP contribution is -2.40. The third-order valence-electron chi connectivity index (χ3n) is 6.74. The quantitative estimate of drug-likeness (QED) is 0.563. The van der Waals surface area contributed by atoms with Crippen LogP contribution in [0.2, 0.25) is 0 Å². The molecular formula is C25H30N4O4S. The summed E-state index contributed by atoms with van der Waals surface area (Å²) in [5.41, 5.74) is 3.02. The first kappa shape index (κ1) is 23.0. The van der Waals surface area contributed by atoms with Crippen LogP contribution in [0.5, 0.6) is 0 Å². The summed E-state index contributed by atoms with van der Waals surface area (Å²) in [6.07, 6.45) is 4.13. The van der Waals surface area contributed by atoms with Gasteiger partial charge < -0.3 is 15.0 Å². The molecule has 0 bridgehead atoms. The number of hydrogen-bond acceptors (Lipinski definition) is 5. The van der Waals surface area contributed by atoms with Crippen LogP contribution in [0, 0.1) is 0 Å². The summed E-state index contributed by atoms with van der Waals surface area (Å²) in [5, 5.41) is 4.16. The zero-order chi connectivity index (χ0) is 23.5. The maximum atomic E-state index is 12.9. The van der Waals surface area contributed by atoms with Crippen LogP contribution in [0.4, 0.5) is 5.69 Å². The number of carbonyl (C=O) groups is 1. The predicted molar refractivity (Wildman–Crippen MR) is 131 cm³/mol. The SMILES string of the molecule is O=C(CN1CCC(c2c[nH]c3ccccc23)CC1)Nc1cccc(S(=O)(=O)N2CCOCC2)c1. The van der Waals surface area contributed by atoms with Gasteiger partial charge in [0.1, 0.15) is 0 Å². The molecule has 180 valence electrons. The first-order valence-corrected chi connectivity index (χ1v) is 13.2. The molecule has 2 saturated heterocycles. The predicted octanol–water partition coefficient (Wildman–Crippen LogP) is 3.01. The van der Waals surface area contributed by atoms with Crippen molar-refractivity contribution in [3.8, 4) is 0 Å². The Hall–Kier alpha value is -2.72. The van der Waals surface area contributed by atoms with Crippen molar-refractivity contribution in [1.82, 2.24) is 14.2 Å². The highest BCUT2D eigenvalue weighted by Crippen LogP contribution is 2.33. The van der Waals surface area contributed by atoms with Crippen LogP contribution < -0.4 is 5.32 Å². The highest BCUT2D eigenvalue weighted by atomic mass is 32.2. The summed E-state index contributed by atoms with van der Waals surface area (Å²) in [6.45, 7) is 3.47. The lowest BCUT2D eigenvalue weighted by Gasteiger charge is -2.31. The van der Waals surface area contributed by atoms with Gasteiger partial charge in [-0.3, -0.25) is 9.69 Å². The van der Waals surface area contributed by atoms with E-state index in [1.165, 1.54) is 21.3 Å². The second-order valence-electron chi connectivity index (χ2n) is 8.93. The molecule has 2 aliphatic rings. The molecule has 0 unspecified atom stereocenters. The summed E-state index contributed by atoms with van der Waals surface area (Å²) < 4.78 is 32.5. The molecule has 9 heteroatoms. The number of likely N-dealkylation sites (tertiary alicyclic amines) is 1. The van der Waals surface area contributed by atoms with Gasteiger partial charge in [-0.2, -0.15) is 4.31 Å². The van der Waals surface area contributed by atoms with Crippen molar-refractivity contribution >= 4 is 32.5 Å². The molecular weight excluding hydrogens is 452 g/mol. The number of aromatic nitrogens is 1. The normalized spacial score (nSPS) is 18.8. The van der Waals surface area contributed by atoms with E-state index in [1.807, 2.05) is 6.07 Å². The molecule has 34 heavy (non-hydrogen) atoms. The lowest BCUT2D eigenvalue weighted by molar-refractivity contribution is -0.117. The van der Waals surface area contributed by atoms with E-state index in [1.54, 1.807) is 18.2 Å². The third kappa shape index (κ3) is 4.88. The number of nitrogens with zero attached hydrogens (tertiary/aromatic N) is 2. The molecule has 2 aliphatic heterocycles. The number of nitrogens with one attached hydrogen (secondary N) is 2. The summed E-state index contributed by atoms with van der Waals surface area (Å²) in [4.78, 5) is 18.4. The monoisotopic (exact) mass is 482 g/mol. The van der Waals surface area contributed by atoms with Gasteiger partial charge >= 0.3 is 0 Å². The van der Waals surface area contributed by atoms with Crippen LogP contribution in [0.1, 0.15) is 24.3 Å². The first-order valence-electron chi connectivity index (χ1n) is 11.8. The van der Waals surface area contributed by atoms with Crippen molar-refractivity contribution in [2.45, 2.75) is 23.7 Å². The maximum absolute atomic E-state index is 12.9. The Labute approximate surface area is 199 Å². The number of rotatable bonds is 6. The van der Waals surface area contributed by atoms with Crippen LogP contribution in [0.3, 0.4) is 0 Å². The Balaban J connectivity index is 1.17. The minimum Gasteiger partial charge on any atom is -0.379 e. The van der Waals surface area contributed by atoms with Crippen LogP contribution in [0.25, 0.3) is 10.9 Å². The molecule has 3 aromatic rings. The summed E-state index contributed by atoms with van der Waals surface area (Å²) in [5.74, 6) is 0.351. The van der Waals surface area contributed by atoms with Crippen molar-refractivity contribution in [2.75, 3.05) is 51.3 Å². The minimum absolute atomic E-state index is 0.133. The fourth-order valence-corrected chi connectivity index (χ4v) is 6.36. The van der Waals surface area contributed by atoms with E-state index in [9.17, 15) is 13.2 Å². The number of piperidine rings is 1. The number of aromatic amines is 1.